The Morgan fingerprint density at radius 3 is 2.75 bits per heavy atom. The summed E-state index contributed by atoms with van der Waals surface area (Å²) in [7, 11) is 0. The number of fused-ring (bicyclic) bond motifs is 1. The van der Waals surface area contributed by atoms with Crippen LogP contribution in [0.4, 0.5) is 0 Å². The summed E-state index contributed by atoms with van der Waals surface area (Å²) in [4.78, 5) is 12.3. The van der Waals surface area contributed by atoms with Crippen molar-refractivity contribution in [3.63, 3.8) is 0 Å². The number of benzene rings is 1. The average molecular weight is 401 g/mol. The molecule has 3 aliphatic heterocycles. The van der Waals surface area contributed by atoms with E-state index in [0.29, 0.717) is 12.8 Å². The summed E-state index contributed by atoms with van der Waals surface area (Å²) in [6, 6.07) is 7.03. The van der Waals surface area contributed by atoms with Crippen molar-refractivity contribution in [2.24, 2.45) is 0 Å². The molecule has 0 bridgehead atoms. The fourth-order valence-corrected chi connectivity index (χ4v) is 5.24. The van der Waals surface area contributed by atoms with Crippen LogP contribution in [0.15, 0.2) is 29.8 Å². The number of likely N-dealkylation sites (tertiary alicyclic amines) is 1. The number of rotatable bonds is 5. The minimum atomic E-state index is 0.346. The molecule has 28 heavy (non-hydrogen) atoms. The SMILES string of the molecule is c1csc(CN2CCC[C@H](N3CCN(Cc4ccc5c(c4)OCO5)CC3)C2)n1. The van der Waals surface area contributed by atoms with Crippen molar-refractivity contribution >= 4 is 11.3 Å². The zero-order valence-electron chi connectivity index (χ0n) is 16.3. The second-order valence-electron chi connectivity index (χ2n) is 7.96. The van der Waals surface area contributed by atoms with Crippen LogP contribution < -0.4 is 9.47 Å². The lowest BCUT2D eigenvalue weighted by molar-refractivity contribution is 0.0477. The van der Waals surface area contributed by atoms with E-state index in [1.807, 2.05) is 12.3 Å². The lowest BCUT2D eigenvalue weighted by Crippen LogP contribution is -2.54. The molecule has 2 aromatic rings. The Morgan fingerprint density at radius 2 is 1.89 bits per heavy atom. The highest BCUT2D eigenvalue weighted by molar-refractivity contribution is 7.09. The molecule has 0 amide bonds. The highest BCUT2D eigenvalue weighted by Crippen LogP contribution is 2.33. The van der Waals surface area contributed by atoms with Crippen molar-refractivity contribution in [3.8, 4) is 11.5 Å². The van der Waals surface area contributed by atoms with Crippen molar-refractivity contribution in [1.82, 2.24) is 19.7 Å². The van der Waals surface area contributed by atoms with Gasteiger partial charge in [0.05, 0.1) is 6.54 Å². The van der Waals surface area contributed by atoms with Crippen LogP contribution in [0.3, 0.4) is 0 Å². The lowest BCUT2D eigenvalue weighted by atomic mass is 10.0. The van der Waals surface area contributed by atoms with Gasteiger partial charge in [0.15, 0.2) is 11.5 Å². The molecule has 0 N–H and O–H groups in total. The molecule has 1 atom stereocenters. The first kappa shape index (κ1) is 18.4. The van der Waals surface area contributed by atoms with Gasteiger partial charge >= 0.3 is 0 Å². The predicted molar refractivity (Wildman–Crippen MR) is 110 cm³/mol. The summed E-state index contributed by atoms with van der Waals surface area (Å²) in [6.45, 7) is 9.35. The van der Waals surface area contributed by atoms with Crippen LogP contribution in [-0.4, -0.2) is 71.8 Å². The van der Waals surface area contributed by atoms with E-state index < -0.39 is 0 Å². The van der Waals surface area contributed by atoms with Gasteiger partial charge in [0.1, 0.15) is 5.01 Å². The Kier molecular flexibility index (Phi) is 5.49. The van der Waals surface area contributed by atoms with Crippen LogP contribution in [0, 0.1) is 0 Å². The highest BCUT2D eigenvalue weighted by Gasteiger charge is 2.28. The number of ether oxygens (including phenoxy) is 2. The number of aromatic nitrogens is 1. The summed E-state index contributed by atoms with van der Waals surface area (Å²) >= 11 is 1.77. The maximum absolute atomic E-state index is 5.51. The predicted octanol–water partition coefficient (Wildman–Crippen LogP) is 2.65. The molecule has 4 heterocycles. The van der Waals surface area contributed by atoms with Gasteiger partial charge in [0.2, 0.25) is 6.79 Å². The summed E-state index contributed by atoms with van der Waals surface area (Å²) in [5, 5.41) is 3.32. The first-order valence-electron chi connectivity index (χ1n) is 10.3. The topological polar surface area (TPSA) is 41.1 Å². The Hall–Kier alpha value is -1.67. The van der Waals surface area contributed by atoms with E-state index in [1.54, 1.807) is 11.3 Å². The van der Waals surface area contributed by atoms with Gasteiger partial charge in [-0.1, -0.05) is 6.07 Å². The van der Waals surface area contributed by atoms with Gasteiger partial charge in [0, 0.05) is 56.9 Å². The second kappa shape index (κ2) is 8.37. The van der Waals surface area contributed by atoms with E-state index in [9.17, 15) is 0 Å². The lowest BCUT2D eigenvalue weighted by Gasteiger charge is -2.43. The largest absolute Gasteiger partial charge is 0.454 e. The highest BCUT2D eigenvalue weighted by atomic mass is 32.1. The quantitative estimate of drug-likeness (QED) is 0.769. The van der Waals surface area contributed by atoms with Crippen molar-refractivity contribution in [2.75, 3.05) is 46.1 Å². The normalized spacial score (nSPS) is 23.9. The van der Waals surface area contributed by atoms with Crippen molar-refractivity contribution < 1.29 is 9.47 Å². The van der Waals surface area contributed by atoms with Crippen molar-refractivity contribution in [1.29, 1.82) is 0 Å². The summed E-state index contributed by atoms with van der Waals surface area (Å²) in [5.41, 5.74) is 1.31. The van der Waals surface area contributed by atoms with Crippen LogP contribution in [0.1, 0.15) is 23.4 Å². The maximum Gasteiger partial charge on any atom is 0.231 e. The smallest absolute Gasteiger partial charge is 0.231 e. The zero-order chi connectivity index (χ0) is 18.8. The van der Waals surface area contributed by atoms with Crippen molar-refractivity contribution in [2.45, 2.75) is 32.0 Å². The molecule has 1 aromatic heterocycles. The molecular weight excluding hydrogens is 372 g/mol. The van der Waals surface area contributed by atoms with E-state index in [1.165, 1.54) is 49.6 Å². The van der Waals surface area contributed by atoms with E-state index in [0.717, 1.165) is 37.7 Å². The number of piperazine rings is 1. The monoisotopic (exact) mass is 400 g/mol. The third-order valence-corrected chi connectivity index (χ3v) is 6.85. The second-order valence-corrected chi connectivity index (χ2v) is 8.94. The minimum Gasteiger partial charge on any atom is -0.454 e. The van der Waals surface area contributed by atoms with Gasteiger partial charge in [-0.05, 0) is 37.1 Å². The van der Waals surface area contributed by atoms with E-state index in [4.69, 9.17) is 9.47 Å². The Balaban J connectivity index is 1.11. The minimum absolute atomic E-state index is 0.346. The summed E-state index contributed by atoms with van der Waals surface area (Å²) < 4.78 is 10.9. The maximum atomic E-state index is 5.51. The van der Waals surface area contributed by atoms with Crippen LogP contribution >= 0.6 is 11.3 Å². The molecule has 3 aliphatic rings. The molecule has 5 rings (SSSR count). The third-order valence-electron chi connectivity index (χ3n) is 6.09. The molecule has 0 radical (unpaired) electrons. The summed E-state index contributed by atoms with van der Waals surface area (Å²) in [6.07, 6.45) is 4.55. The fraction of sp³-hybridized carbons (Fsp3) is 0.571. The van der Waals surface area contributed by atoms with Crippen molar-refractivity contribution in [3.05, 3.63) is 40.3 Å². The Morgan fingerprint density at radius 1 is 1.00 bits per heavy atom. The molecule has 0 aliphatic carbocycles. The number of hydrogen-bond donors (Lipinski definition) is 0. The third kappa shape index (κ3) is 4.17. The van der Waals surface area contributed by atoms with E-state index >= 15 is 0 Å². The standard InChI is InChI=1S/C21H28N4O2S/c1-2-18(14-24(6-1)15-21-22-5-11-28-21)25-9-7-23(8-10-25)13-17-3-4-19-20(12-17)27-16-26-19/h3-5,11-12,18H,1-2,6-10,13-16H2/t18-/m0/s1. The van der Waals surface area contributed by atoms with Gasteiger partial charge in [-0.3, -0.25) is 14.7 Å². The average Bonchev–Trinajstić information content (AvgIpc) is 3.40. The molecule has 150 valence electrons. The Bertz CT molecular complexity index is 777. The Labute approximate surface area is 170 Å². The van der Waals surface area contributed by atoms with Crippen LogP contribution in [0.5, 0.6) is 11.5 Å². The molecule has 6 nitrogen and oxygen atoms in total. The van der Waals surface area contributed by atoms with Gasteiger partial charge in [-0.2, -0.15) is 0 Å². The van der Waals surface area contributed by atoms with Gasteiger partial charge in [-0.25, -0.2) is 4.98 Å². The molecule has 1 aromatic carbocycles. The van der Waals surface area contributed by atoms with Gasteiger partial charge in [-0.15, -0.1) is 11.3 Å². The fourth-order valence-electron chi connectivity index (χ4n) is 4.58. The molecular formula is C21H28N4O2S. The first-order chi connectivity index (χ1) is 13.8. The number of piperidine rings is 1. The van der Waals surface area contributed by atoms with Gasteiger partial charge in [0.25, 0.3) is 0 Å². The first-order valence-corrected chi connectivity index (χ1v) is 11.2. The summed E-state index contributed by atoms with van der Waals surface area (Å²) in [5.74, 6) is 1.76. The molecule has 0 saturated carbocycles. The number of nitrogens with zero attached hydrogens (tertiary/aromatic N) is 4. The molecule has 0 unspecified atom stereocenters. The van der Waals surface area contributed by atoms with Gasteiger partial charge < -0.3 is 9.47 Å². The van der Waals surface area contributed by atoms with Crippen LogP contribution in [0.25, 0.3) is 0 Å². The molecule has 2 fully saturated rings. The van der Waals surface area contributed by atoms with Crippen LogP contribution in [-0.2, 0) is 13.1 Å². The number of thiazole rings is 1. The van der Waals surface area contributed by atoms with E-state index in [2.05, 4.69) is 37.2 Å². The van der Waals surface area contributed by atoms with Crippen LogP contribution in [0.2, 0.25) is 0 Å². The molecule has 7 heteroatoms. The zero-order valence-corrected chi connectivity index (χ0v) is 17.1. The molecule has 2 saturated heterocycles. The number of hydrogen-bond acceptors (Lipinski definition) is 7. The van der Waals surface area contributed by atoms with E-state index in [-0.39, 0.29) is 0 Å². The molecule has 0 spiro atoms.